The van der Waals surface area contributed by atoms with Crippen LogP contribution in [0.4, 0.5) is 10.1 Å². The first-order valence-corrected chi connectivity index (χ1v) is 4.00. The van der Waals surface area contributed by atoms with Gasteiger partial charge in [-0.1, -0.05) is 6.07 Å². The van der Waals surface area contributed by atoms with E-state index in [1.807, 2.05) is 0 Å². The van der Waals surface area contributed by atoms with E-state index in [1.165, 1.54) is 36.4 Å². The molecule has 0 radical (unpaired) electrons. The van der Waals surface area contributed by atoms with Crippen molar-refractivity contribution in [3.8, 4) is 0 Å². The largest absolute Gasteiger partial charge is 0.270 e. The Morgan fingerprint density at radius 1 is 1.07 bits per heavy atom. The zero-order chi connectivity index (χ0) is 10.1. The van der Waals surface area contributed by atoms with Gasteiger partial charge >= 0.3 is 0 Å². The summed E-state index contributed by atoms with van der Waals surface area (Å²) in [4.78, 5) is 9.97. The summed E-state index contributed by atoms with van der Waals surface area (Å²) < 4.78 is 12.8. The fraction of sp³-hybridized carbons (Fsp3) is 0. The molecule has 0 heterocycles. The molecule has 0 aliphatic carbocycles. The smallest absolute Gasteiger partial charge is 0.258 e. The van der Waals surface area contributed by atoms with Gasteiger partial charge in [-0.25, -0.2) is 4.39 Å². The van der Waals surface area contributed by atoms with Crippen molar-refractivity contribution in [3.05, 3.63) is 52.3 Å². The number of hydrogen-bond donors (Lipinski definition) is 0. The standard InChI is InChI=1S/C10H6FNO2/c11-9-3-1-8-6-10(12(13)14)4-2-7(8)5-9/h1-6H. The Morgan fingerprint density at radius 2 is 1.71 bits per heavy atom. The summed E-state index contributed by atoms with van der Waals surface area (Å²) in [7, 11) is 0. The van der Waals surface area contributed by atoms with Crippen LogP contribution >= 0.6 is 0 Å². The lowest BCUT2D eigenvalue weighted by molar-refractivity contribution is -0.384. The van der Waals surface area contributed by atoms with Gasteiger partial charge in [-0.2, -0.15) is 0 Å². The van der Waals surface area contributed by atoms with E-state index in [0.29, 0.717) is 10.8 Å². The molecule has 70 valence electrons. The summed E-state index contributed by atoms with van der Waals surface area (Å²) in [5.41, 5.74) is 0.0177. The van der Waals surface area contributed by atoms with Gasteiger partial charge in [0.05, 0.1) is 4.92 Å². The predicted molar refractivity (Wildman–Crippen MR) is 50.6 cm³/mol. The molecular formula is C10H6FNO2. The third-order valence-electron chi connectivity index (χ3n) is 2.00. The van der Waals surface area contributed by atoms with Crippen LogP contribution in [0.2, 0.25) is 0 Å². The highest BCUT2D eigenvalue weighted by Crippen LogP contribution is 2.21. The molecule has 2 aromatic carbocycles. The number of non-ortho nitro benzene ring substituents is 1. The minimum Gasteiger partial charge on any atom is -0.258 e. The van der Waals surface area contributed by atoms with E-state index in [1.54, 1.807) is 0 Å². The summed E-state index contributed by atoms with van der Waals surface area (Å²) in [6, 6.07) is 8.48. The van der Waals surface area contributed by atoms with Crippen LogP contribution in [0.15, 0.2) is 36.4 Å². The Hall–Kier alpha value is -1.97. The first-order chi connectivity index (χ1) is 6.66. The van der Waals surface area contributed by atoms with E-state index in [0.717, 1.165) is 0 Å². The lowest BCUT2D eigenvalue weighted by Gasteiger charge is -1.97. The number of halogens is 1. The molecule has 0 spiro atoms. The monoisotopic (exact) mass is 191 g/mol. The zero-order valence-electron chi connectivity index (χ0n) is 7.11. The molecule has 3 nitrogen and oxygen atoms in total. The van der Waals surface area contributed by atoms with Gasteiger partial charge in [0.2, 0.25) is 0 Å². The van der Waals surface area contributed by atoms with Crippen LogP contribution in [0.25, 0.3) is 10.8 Å². The van der Waals surface area contributed by atoms with Crippen LogP contribution in [-0.4, -0.2) is 4.92 Å². The maximum Gasteiger partial charge on any atom is 0.270 e. The molecule has 0 bridgehead atoms. The second-order valence-corrected chi connectivity index (χ2v) is 2.93. The average molecular weight is 191 g/mol. The van der Waals surface area contributed by atoms with Crippen molar-refractivity contribution >= 4 is 16.5 Å². The number of nitrogens with zero attached hydrogens (tertiary/aromatic N) is 1. The Kier molecular flexibility index (Phi) is 1.89. The number of hydrogen-bond acceptors (Lipinski definition) is 2. The van der Waals surface area contributed by atoms with E-state index < -0.39 is 4.92 Å². The second-order valence-electron chi connectivity index (χ2n) is 2.93. The molecule has 0 amide bonds. The number of rotatable bonds is 1. The van der Waals surface area contributed by atoms with Gasteiger partial charge in [-0.05, 0) is 29.0 Å². The molecule has 0 saturated carbocycles. The van der Waals surface area contributed by atoms with Crippen LogP contribution in [0.5, 0.6) is 0 Å². The number of nitro groups is 1. The summed E-state index contributed by atoms with van der Waals surface area (Å²) in [5.74, 6) is -0.341. The molecule has 0 N–H and O–H groups in total. The van der Waals surface area contributed by atoms with Gasteiger partial charge in [0.25, 0.3) is 5.69 Å². The first-order valence-electron chi connectivity index (χ1n) is 4.00. The van der Waals surface area contributed by atoms with Crippen LogP contribution < -0.4 is 0 Å². The van der Waals surface area contributed by atoms with Gasteiger partial charge in [0.15, 0.2) is 0 Å². The minimum absolute atomic E-state index is 0.0177. The molecule has 0 unspecified atom stereocenters. The van der Waals surface area contributed by atoms with Gasteiger partial charge in [0, 0.05) is 12.1 Å². The molecule has 2 aromatic rings. The number of benzene rings is 2. The van der Waals surface area contributed by atoms with Crippen molar-refractivity contribution in [3.63, 3.8) is 0 Å². The fourth-order valence-corrected chi connectivity index (χ4v) is 1.32. The summed E-state index contributed by atoms with van der Waals surface area (Å²) >= 11 is 0. The summed E-state index contributed by atoms with van der Waals surface area (Å²) in [6.07, 6.45) is 0. The van der Waals surface area contributed by atoms with Crippen molar-refractivity contribution in [1.82, 2.24) is 0 Å². The molecule has 0 saturated heterocycles. The third kappa shape index (κ3) is 1.42. The summed E-state index contributed by atoms with van der Waals surface area (Å²) in [5, 5.41) is 11.8. The lowest BCUT2D eigenvalue weighted by atomic mass is 10.1. The highest BCUT2D eigenvalue weighted by Gasteiger charge is 2.05. The molecule has 0 aliphatic heterocycles. The molecule has 2 rings (SSSR count). The first kappa shape index (κ1) is 8.62. The van der Waals surface area contributed by atoms with Gasteiger partial charge < -0.3 is 0 Å². The van der Waals surface area contributed by atoms with Crippen LogP contribution in [0, 0.1) is 15.9 Å². The number of fused-ring (bicyclic) bond motifs is 1. The maximum atomic E-state index is 12.8. The highest BCUT2D eigenvalue weighted by atomic mass is 19.1. The third-order valence-corrected chi connectivity index (χ3v) is 2.00. The Labute approximate surface area is 78.9 Å². The van der Waals surface area contributed by atoms with E-state index >= 15 is 0 Å². The highest BCUT2D eigenvalue weighted by molar-refractivity contribution is 5.84. The molecule has 4 heteroatoms. The molecule has 0 aromatic heterocycles. The normalized spacial score (nSPS) is 10.4. The van der Waals surface area contributed by atoms with Gasteiger partial charge in [-0.15, -0.1) is 0 Å². The van der Waals surface area contributed by atoms with Crippen molar-refractivity contribution in [1.29, 1.82) is 0 Å². The van der Waals surface area contributed by atoms with Crippen LogP contribution in [0.1, 0.15) is 0 Å². The molecule has 14 heavy (non-hydrogen) atoms. The number of nitro benzene ring substituents is 1. The van der Waals surface area contributed by atoms with Gasteiger partial charge in [0.1, 0.15) is 5.82 Å². The fourth-order valence-electron chi connectivity index (χ4n) is 1.32. The summed E-state index contributed by atoms with van der Waals surface area (Å²) in [6.45, 7) is 0. The maximum absolute atomic E-state index is 12.8. The second kappa shape index (κ2) is 3.06. The van der Waals surface area contributed by atoms with Crippen molar-refractivity contribution in [2.24, 2.45) is 0 Å². The molecule has 0 atom stereocenters. The van der Waals surface area contributed by atoms with Crippen LogP contribution in [-0.2, 0) is 0 Å². The van der Waals surface area contributed by atoms with Crippen LogP contribution in [0.3, 0.4) is 0 Å². The Morgan fingerprint density at radius 3 is 2.43 bits per heavy atom. The molecule has 0 aliphatic rings. The molecular weight excluding hydrogens is 185 g/mol. The predicted octanol–water partition coefficient (Wildman–Crippen LogP) is 2.89. The minimum atomic E-state index is -0.469. The van der Waals surface area contributed by atoms with Crippen molar-refractivity contribution < 1.29 is 9.31 Å². The van der Waals surface area contributed by atoms with E-state index in [9.17, 15) is 14.5 Å². The SMILES string of the molecule is O=[N+]([O-])c1ccc2cc(F)ccc2c1. The lowest BCUT2D eigenvalue weighted by Crippen LogP contribution is -1.87. The Balaban J connectivity index is 2.67. The quantitative estimate of drug-likeness (QED) is 0.513. The van der Waals surface area contributed by atoms with Crippen molar-refractivity contribution in [2.45, 2.75) is 0 Å². The van der Waals surface area contributed by atoms with E-state index in [-0.39, 0.29) is 11.5 Å². The van der Waals surface area contributed by atoms with E-state index in [4.69, 9.17) is 0 Å². The zero-order valence-corrected chi connectivity index (χ0v) is 7.11. The average Bonchev–Trinajstić information content (AvgIpc) is 2.16. The Bertz CT molecular complexity index is 510. The topological polar surface area (TPSA) is 43.1 Å². The molecule has 0 fully saturated rings. The van der Waals surface area contributed by atoms with Gasteiger partial charge in [-0.3, -0.25) is 10.1 Å². The van der Waals surface area contributed by atoms with E-state index in [2.05, 4.69) is 0 Å². The van der Waals surface area contributed by atoms with Crippen molar-refractivity contribution in [2.75, 3.05) is 0 Å².